The van der Waals surface area contributed by atoms with Gasteiger partial charge in [0.05, 0.1) is 5.75 Å². The Hall–Kier alpha value is 0.210. The highest BCUT2D eigenvalue weighted by atomic mass is 32.2. The Morgan fingerprint density at radius 2 is 1.88 bits per heavy atom. The smallest absolute Gasteiger partial charge is 0.215 e. The Labute approximate surface area is 108 Å². The quantitative estimate of drug-likeness (QED) is 0.741. The van der Waals surface area contributed by atoms with E-state index in [0.717, 1.165) is 0 Å². The zero-order valence-corrected chi connectivity index (χ0v) is 12.6. The summed E-state index contributed by atoms with van der Waals surface area (Å²) in [6.45, 7) is 3.63. The van der Waals surface area contributed by atoms with E-state index in [2.05, 4.69) is 0 Å². The first-order valence-electron chi connectivity index (χ1n) is 5.64. The third-order valence-electron chi connectivity index (χ3n) is 2.67. The molecule has 1 fully saturated rings. The predicted molar refractivity (Wildman–Crippen MR) is 71.4 cm³/mol. The standard InChI is InChI=1S/C9H19NO4S3/c1-3-7-17(13,14)10-5-6-15-8-9(10)16(11,12)4-2/h9H,3-8H2,1-2H3. The molecule has 17 heavy (non-hydrogen) atoms. The fourth-order valence-electron chi connectivity index (χ4n) is 1.73. The van der Waals surface area contributed by atoms with E-state index in [4.69, 9.17) is 0 Å². The summed E-state index contributed by atoms with van der Waals surface area (Å²) in [7, 11) is -6.78. The molecule has 8 heteroatoms. The molecule has 1 aliphatic rings. The molecule has 0 spiro atoms. The van der Waals surface area contributed by atoms with Crippen LogP contribution in [0.3, 0.4) is 0 Å². The number of rotatable bonds is 5. The molecule has 0 aromatic carbocycles. The summed E-state index contributed by atoms with van der Waals surface area (Å²) in [5.41, 5.74) is 0. The normalized spacial score (nSPS) is 23.8. The summed E-state index contributed by atoms with van der Waals surface area (Å²) in [5.74, 6) is 1.02. The van der Waals surface area contributed by atoms with Gasteiger partial charge in [-0.1, -0.05) is 13.8 Å². The van der Waals surface area contributed by atoms with E-state index in [0.29, 0.717) is 24.5 Å². The molecule has 1 heterocycles. The molecule has 0 aliphatic carbocycles. The second-order valence-corrected chi connectivity index (χ2v) is 9.55. The summed E-state index contributed by atoms with van der Waals surface area (Å²) in [6.07, 6.45) is 0.505. The zero-order valence-electron chi connectivity index (χ0n) is 10.1. The lowest BCUT2D eigenvalue weighted by molar-refractivity contribution is 0.403. The minimum Gasteiger partial charge on any atom is -0.227 e. The van der Waals surface area contributed by atoms with Crippen molar-refractivity contribution in [2.75, 3.05) is 29.6 Å². The first kappa shape index (κ1) is 15.3. The van der Waals surface area contributed by atoms with Crippen LogP contribution in [-0.4, -0.2) is 56.1 Å². The van der Waals surface area contributed by atoms with E-state index in [9.17, 15) is 16.8 Å². The maximum Gasteiger partial charge on any atom is 0.215 e. The summed E-state index contributed by atoms with van der Waals surface area (Å²) < 4.78 is 49.0. The van der Waals surface area contributed by atoms with E-state index in [1.807, 2.05) is 0 Å². The van der Waals surface area contributed by atoms with Gasteiger partial charge in [-0.25, -0.2) is 16.8 Å². The maximum atomic E-state index is 12.0. The molecule has 0 N–H and O–H groups in total. The van der Waals surface area contributed by atoms with Gasteiger partial charge in [0.1, 0.15) is 5.37 Å². The summed E-state index contributed by atoms with van der Waals surface area (Å²) in [4.78, 5) is 0. The summed E-state index contributed by atoms with van der Waals surface area (Å²) in [6, 6.07) is 0. The number of sulfonamides is 1. The van der Waals surface area contributed by atoms with Gasteiger partial charge in [-0.3, -0.25) is 0 Å². The molecule has 0 bridgehead atoms. The van der Waals surface area contributed by atoms with Gasteiger partial charge in [-0.15, -0.1) is 0 Å². The molecule has 102 valence electrons. The monoisotopic (exact) mass is 301 g/mol. The van der Waals surface area contributed by atoms with Crippen molar-refractivity contribution < 1.29 is 16.8 Å². The van der Waals surface area contributed by atoms with E-state index in [1.54, 1.807) is 13.8 Å². The maximum absolute atomic E-state index is 12.0. The number of hydrogen-bond acceptors (Lipinski definition) is 5. The molecule has 1 aliphatic heterocycles. The van der Waals surface area contributed by atoms with Crippen molar-refractivity contribution in [3.8, 4) is 0 Å². The molecule has 0 saturated carbocycles. The number of nitrogens with zero attached hydrogens (tertiary/aromatic N) is 1. The van der Waals surface area contributed by atoms with Crippen LogP contribution < -0.4 is 0 Å². The third-order valence-corrected chi connectivity index (χ3v) is 8.17. The lowest BCUT2D eigenvalue weighted by Gasteiger charge is -2.33. The highest BCUT2D eigenvalue weighted by molar-refractivity contribution is 8.01. The Morgan fingerprint density at radius 3 is 2.41 bits per heavy atom. The highest BCUT2D eigenvalue weighted by Crippen LogP contribution is 2.24. The molecule has 0 aromatic rings. The predicted octanol–water partition coefficient (Wildman–Crippen LogP) is 0.536. The molecule has 0 aromatic heterocycles. The van der Waals surface area contributed by atoms with Gasteiger partial charge in [0, 0.05) is 23.8 Å². The molecule has 1 saturated heterocycles. The number of hydrogen-bond donors (Lipinski definition) is 0. The average Bonchev–Trinajstić information content (AvgIpc) is 2.29. The second kappa shape index (κ2) is 5.90. The first-order chi connectivity index (χ1) is 7.85. The molecule has 0 amide bonds. The topological polar surface area (TPSA) is 71.5 Å². The van der Waals surface area contributed by atoms with Crippen LogP contribution in [0.1, 0.15) is 20.3 Å². The molecule has 0 radical (unpaired) electrons. The Bertz CT molecular complexity index is 443. The van der Waals surface area contributed by atoms with Crippen LogP contribution >= 0.6 is 11.8 Å². The Morgan fingerprint density at radius 1 is 1.24 bits per heavy atom. The van der Waals surface area contributed by atoms with Crippen molar-refractivity contribution in [3.63, 3.8) is 0 Å². The molecule has 1 rings (SSSR count). The summed E-state index contributed by atoms with van der Waals surface area (Å²) in [5, 5.41) is -0.872. The van der Waals surface area contributed by atoms with Crippen LogP contribution in [0.25, 0.3) is 0 Å². The van der Waals surface area contributed by atoms with Crippen LogP contribution in [-0.2, 0) is 19.9 Å². The summed E-state index contributed by atoms with van der Waals surface area (Å²) >= 11 is 1.50. The van der Waals surface area contributed by atoms with Crippen molar-refractivity contribution in [2.24, 2.45) is 0 Å². The largest absolute Gasteiger partial charge is 0.227 e. The average molecular weight is 301 g/mol. The van der Waals surface area contributed by atoms with Crippen molar-refractivity contribution >= 4 is 31.6 Å². The molecule has 1 atom stereocenters. The Kier molecular flexibility index (Phi) is 5.30. The van der Waals surface area contributed by atoms with Crippen LogP contribution in [0.5, 0.6) is 0 Å². The van der Waals surface area contributed by atoms with Crippen LogP contribution in [0.15, 0.2) is 0 Å². The van der Waals surface area contributed by atoms with Gasteiger partial charge in [-0.05, 0) is 6.42 Å². The van der Waals surface area contributed by atoms with E-state index in [1.165, 1.54) is 16.1 Å². The van der Waals surface area contributed by atoms with E-state index in [-0.39, 0.29) is 11.5 Å². The van der Waals surface area contributed by atoms with Crippen molar-refractivity contribution in [2.45, 2.75) is 25.6 Å². The SMILES string of the molecule is CCCS(=O)(=O)N1CCSCC1S(=O)(=O)CC. The van der Waals surface area contributed by atoms with Crippen LogP contribution in [0, 0.1) is 0 Å². The Balaban J connectivity index is 3.03. The van der Waals surface area contributed by atoms with Gasteiger partial charge < -0.3 is 0 Å². The number of sulfone groups is 1. The van der Waals surface area contributed by atoms with Crippen molar-refractivity contribution in [1.29, 1.82) is 0 Å². The molecular formula is C9H19NO4S3. The van der Waals surface area contributed by atoms with Crippen molar-refractivity contribution in [3.05, 3.63) is 0 Å². The first-order valence-corrected chi connectivity index (χ1v) is 10.1. The van der Waals surface area contributed by atoms with Crippen LogP contribution in [0.2, 0.25) is 0 Å². The minimum absolute atomic E-state index is 0.0175. The van der Waals surface area contributed by atoms with Crippen LogP contribution in [0.4, 0.5) is 0 Å². The highest BCUT2D eigenvalue weighted by Gasteiger charge is 2.39. The second-order valence-electron chi connectivity index (χ2n) is 3.91. The molecular weight excluding hydrogens is 282 g/mol. The van der Waals surface area contributed by atoms with Gasteiger partial charge in [0.2, 0.25) is 10.0 Å². The number of thioether (sulfide) groups is 1. The van der Waals surface area contributed by atoms with Gasteiger partial charge >= 0.3 is 0 Å². The van der Waals surface area contributed by atoms with Crippen molar-refractivity contribution in [1.82, 2.24) is 4.31 Å². The fourth-order valence-corrected chi connectivity index (χ4v) is 7.12. The zero-order chi connectivity index (χ0) is 13.1. The minimum atomic E-state index is -3.43. The fraction of sp³-hybridized carbons (Fsp3) is 1.00. The molecule has 5 nitrogen and oxygen atoms in total. The van der Waals surface area contributed by atoms with Gasteiger partial charge in [-0.2, -0.15) is 16.1 Å². The van der Waals surface area contributed by atoms with E-state index >= 15 is 0 Å². The molecule has 1 unspecified atom stereocenters. The third kappa shape index (κ3) is 3.59. The van der Waals surface area contributed by atoms with Gasteiger partial charge in [0.25, 0.3) is 0 Å². The van der Waals surface area contributed by atoms with Gasteiger partial charge in [0.15, 0.2) is 9.84 Å². The lowest BCUT2D eigenvalue weighted by Crippen LogP contribution is -2.51. The lowest BCUT2D eigenvalue weighted by atomic mass is 10.6. The van der Waals surface area contributed by atoms with E-state index < -0.39 is 25.2 Å².